The Morgan fingerprint density at radius 2 is 1.63 bits per heavy atom. The maximum atomic E-state index is 13.2. The van der Waals surface area contributed by atoms with Crippen LogP contribution in [-0.2, 0) is 0 Å². The molecule has 0 saturated heterocycles. The lowest BCUT2D eigenvalue weighted by atomic mass is 9.97. The lowest BCUT2D eigenvalue weighted by Gasteiger charge is -2.09. The summed E-state index contributed by atoms with van der Waals surface area (Å²) in [6.07, 6.45) is 0. The third-order valence-corrected chi connectivity index (χ3v) is 2.89. The zero-order valence-electron chi connectivity index (χ0n) is 9.81. The van der Waals surface area contributed by atoms with E-state index in [-0.39, 0.29) is 22.5 Å². The number of carbonyl (C=O) groups is 1. The van der Waals surface area contributed by atoms with Gasteiger partial charge >= 0.3 is 0 Å². The molecule has 0 saturated carbocycles. The summed E-state index contributed by atoms with van der Waals surface area (Å²) in [4.78, 5) is 11.5. The highest BCUT2D eigenvalue weighted by atomic mass is 35.5. The minimum atomic E-state index is -1.55. The predicted molar refractivity (Wildman–Crippen MR) is 66.8 cm³/mol. The second kappa shape index (κ2) is 5.05. The molecule has 0 radical (unpaired) electrons. The van der Waals surface area contributed by atoms with Gasteiger partial charge in [0, 0.05) is 10.6 Å². The topological polar surface area (TPSA) is 17.1 Å². The number of benzene rings is 2. The van der Waals surface area contributed by atoms with Crippen LogP contribution in [0.25, 0.3) is 11.1 Å². The van der Waals surface area contributed by atoms with Crippen molar-refractivity contribution in [1.29, 1.82) is 0 Å². The molecule has 2 aromatic carbocycles. The summed E-state index contributed by atoms with van der Waals surface area (Å²) in [5, 5.41) is 0.310. The van der Waals surface area contributed by atoms with E-state index in [0.717, 1.165) is 12.1 Å². The largest absolute Gasteiger partial charge is 0.294 e. The molecule has 0 fully saturated rings. The molecule has 0 spiro atoms. The van der Waals surface area contributed by atoms with Crippen molar-refractivity contribution in [3.8, 4) is 11.1 Å². The quantitative estimate of drug-likeness (QED) is 0.580. The van der Waals surface area contributed by atoms with E-state index in [9.17, 15) is 18.0 Å². The molecule has 0 bridgehead atoms. The minimum absolute atomic E-state index is 0.0594. The average Bonchev–Trinajstić information content (AvgIpc) is 2.34. The van der Waals surface area contributed by atoms with E-state index in [1.54, 1.807) is 0 Å². The molecule has 0 heterocycles. The third-order valence-electron chi connectivity index (χ3n) is 2.66. The smallest absolute Gasteiger partial charge is 0.194 e. The standard InChI is InChI=1S/C14H8ClF3O/c1-7(19)10-3-2-9(15)6-11(10)8-4-12(16)14(18)13(17)5-8/h2-6H,1H3. The predicted octanol–water partition coefficient (Wildman–Crippen LogP) is 4.63. The van der Waals surface area contributed by atoms with Crippen LogP contribution in [0.15, 0.2) is 30.3 Å². The van der Waals surface area contributed by atoms with Crippen LogP contribution in [0, 0.1) is 17.5 Å². The molecule has 5 heteroatoms. The Hall–Kier alpha value is -1.81. The number of carbonyl (C=O) groups excluding carboxylic acids is 1. The van der Waals surface area contributed by atoms with Gasteiger partial charge in [0.25, 0.3) is 0 Å². The van der Waals surface area contributed by atoms with Crippen molar-refractivity contribution >= 4 is 17.4 Å². The fraction of sp³-hybridized carbons (Fsp3) is 0.0714. The molecule has 0 aliphatic rings. The van der Waals surface area contributed by atoms with Gasteiger partial charge in [-0.05, 0) is 48.4 Å². The van der Waals surface area contributed by atoms with Gasteiger partial charge in [-0.1, -0.05) is 11.6 Å². The highest BCUT2D eigenvalue weighted by molar-refractivity contribution is 6.31. The summed E-state index contributed by atoms with van der Waals surface area (Å²) >= 11 is 5.81. The highest BCUT2D eigenvalue weighted by Crippen LogP contribution is 2.29. The van der Waals surface area contributed by atoms with Gasteiger partial charge < -0.3 is 0 Å². The van der Waals surface area contributed by atoms with Crippen molar-refractivity contribution in [1.82, 2.24) is 0 Å². The van der Waals surface area contributed by atoms with Gasteiger partial charge in [0.2, 0.25) is 0 Å². The van der Waals surface area contributed by atoms with Gasteiger partial charge in [0.05, 0.1) is 0 Å². The molecule has 19 heavy (non-hydrogen) atoms. The fourth-order valence-electron chi connectivity index (χ4n) is 1.77. The molecule has 0 aromatic heterocycles. The lowest BCUT2D eigenvalue weighted by Crippen LogP contribution is -1.98. The van der Waals surface area contributed by atoms with Crippen molar-refractivity contribution < 1.29 is 18.0 Å². The Morgan fingerprint density at radius 1 is 1.05 bits per heavy atom. The van der Waals surface area contributed by atoms with Gasteiger partial charge in [0.15, 0.2) is 23.2 Å². The Balaban J connectivity index is 2.71. The molecule has 0 aliphatic carbocycles. The summed E-state index contributed by atoms with van der Waals surface area (Å²) in [6, 6.07) is 6.02. The Kier molecular flexibility index (Phi) is 3.62. The first-order valence-corrected chi connectivity index (χ1v) is 5.73. The Morgan fingerprint density at radius 3 is 2.16 bits per heavy atom. The average molecular weight is 285 g/mol. The van der Waals surface area contributed by atoms with Crippen molar-refractivity contribution in [3.05, 3.63) is 58.4 Å². The maximum Gasteiger partial charge on any atom is 0.194 e. The molecule has 0 amide bonds. The number of hydrogen-bond acceptors (Lipinski definition) is 1. The number of hydrogen-bond donors (Lipinski definition) is 0. The zero-order chi connectivity index (χ0) is 14.2. The van der Waals surface area contributed by atoms with Crippen LogP contribution < -0.4 is 0 Å². The number of Topliss-reactive ketones (excluding diaryl/α,β-unsaturated/α-hetero) is 1. The van der Waals surface area contributed by atoms with E-state index in [4.69, 9.17) is 11.6 Å². The summed E-state index contributed by atoms with van der Waals surface area (Å²) in [6.45, 7) is 1.32. The van der Waals surface area contributed by atoms with Crippen LogP contribution >= 0.6 is 11.6 Å². The van der Waals surface area contributed by atoms with Gasteiger partial charge in [-0.3, -0.25) is 4.79 Å². The van der Waals surface area contributed by atoms with E-state index < -0.39 is 17.5 Å². The molecule has 2 rings (SSSR count). The summed E-state index contributed by atoms with van der Waals surface area (Å²) in [7, 11) is 0. The van der Waals surface area contributed by atoms with Crippen molar-refractivity contribution in [2.45, 2.75) is 6.92 Å². The van der Waals surface area contributed by atoms with Crippen molar-refractivity contribution in [3.63, 3.8) is 0 Å². The van der Waals surface area contributed by atoms with Crippen LogP contribution in [0.5, 0.6) is 0 Å². The molecule has 1 nitrogen and oxygen atoms in total. The zero-order valence-corrected chi connectivity index (χ0v) is 10.6. The van der Waals surface area contributed by atoms with Crippen LogP contribution in [0.3, 0.4) is 0 Å². The lowest BCUT2D eigenvalue weighted by molar-refractivity contribution is 0.101. The number of rotatable bonds is 2. The minimum Gasteiger partial charge on any atom is -0.294 e. The van der Waals surface area contributed by atoms with Crippen LogP contribution in [0.1, 0.15) is 17.3 Å². The van der Waals surface area contributed by atoms with Gasteiger partial charge in [-0.15, -0.1) is 0 Å². The first kappa shape index (κ1) is 13.6. The highest BCUT2D eigenvalue weighted by Gasteiger charge is 2.15. The molecule has 0 unspecified atom stereocenters. The maximum absolute atomic E-state index is 13.2. The second-order valence-electron chi connectivity index (χ2n) is 4.00. The monoisotopic (exact) mass is 284 g/mol. The summed E-state index contributed by atoms with van der Waals surface area (Å²) in [5.41, 5.74) is 0.580. The van der Waals surface area contributed by atoms with Gasteiger partial charge in [0.1, 0.15) is 0 Å². The Bertz CT molecular complexity index is 645. The molecule has 98 valence electrons. The van der Waals surface area contributed by atoms with Crippen LogP contribution in [0.2, 0.25) is 5.02 Å². The second-order valence-corrected chi connectivity index (χ2v) is 4.44. The van der Waals surface area contributed by atoms with E-state index in [1.165, 1.54) is 25.1 Å². The SMILES string of the molecule is CC(=O)c1ccc(Cl)cc1-c1cc(F)c(F)c(F)c1. The molecular weight excluding hydrogens is 277 g/mol. The Labute approximate surface area is 112 Å². The first-order chi connectivity index (χ1) is 8.90. The van der Waals surface area contributed by atoms with Crippen LogP contribution in [0.4, 0.5) is 13.2 Å². The molecule has 0 atom stereocenters. The van der Waals surface area contributed by atoms with Crippen molar-refractivity contribution in [2.75, 3.05) is 0 Å². The summed E-state index contributed by atoms with van der Waals surface area (Å²) < 4.78 is 39.4. The number of ketones is 1. The fourth-order valence-corrected chi connectivity index (χ4v) is 1.95. The third kappa shape index (κ3) is 2.63. The molecular formula is C14H8ClF3O. The number of halogens is 4. The summed E-state index contributed by atoms with van der Waals surface area (Å²) in [5.74, 6) is -4.46. The normalized spacial score (nSPS) is 10.6. The van der Waals surface area contributed by atoms with Crippen LogP contribution in [-0.4, -0.2) is 5.78 Å². The van der Waals surface area contributed by atoms with E-state index in [2.05, 4.69) is 0 Å². The van der Waals surface area contributed by atoms with E-state index >= 15 is 0 Å². The molecule has 0 N–H and O–H groups in total. The molecule has 2 aromatic rings. The van der Waals surface area contributed by atoms with E-state index in [0.29, 0.717) is 5.02 Å². The first-order valence-electron chi connectivity index (χ1n) is 5.35. The molecule has 0 aliphatic heterocycles. The van der Waals surface area contributed by atoms with Crippen molar-refractivity contribution in [2.24, 2.45) is 0 Å². The van der Waals surface area contributed by atoms with Gasteiger partial charge in [-0.2, -0.15) is 0 Å². The van der Waals surface area contributed by atoms with Gasteiger partial charge in [-0.25, -0.2) is 13.2 Å². The van der Waals surface area contributed by atoms with E-state index in [1.807, 2.05) is 0 Å².